The third-order valence-corrected chi connectivity index (χ3v) is 4.97. The summed E-state index contributed by atoms with van der Waals surface area (Å²) in [5.41, 5.74) is 1.62. The minimum Gasteiger partial charge on any atom is -0.459 e. The highest BCUT2D eigenvalue weighted by Gasteiger charge is 2.27. The molecule has 2 amide bonds. The number of anilines is 1. The zero-order chi connectivity index (χ0) is 16.8. The van der Waals surface area contributed by atoms with E-state index in [1.54, 1.807) is 0 Å². The van der Waals surface area contributed by atoms with Crippen LogP contribution >= 0.6 is 11.3 Å². The maximum absolute atomic E-state index is 12.5. The maximum Gasteiger partial charge on any atom is 0.341 e. The van der Waals surface area contributed by atoms with Gasteiger partial charge in [-0.05, 0) is 51.5 Å². The summed E-state index contributed by atoms with van der Waals surface area (Å²) in [6.45, 7) is 6.38. The van der Waals surface area contributed by atoms with Gasteiger partial charge in [0.1, 0.15) is 5.00 Å². The second kappa shape index (κ2) is 8.34. The second-order valence-corrected chi connectivity index (χ2v) is 7.21. The van der Waals surface area contributed by atoms with Gasteiger partial charge in [-0.2, -0.15) is 0 Å². The Hall–Kier alpha value is -1.56. The number of thiophene rings is 1. The van der Waals surface area contributed by atoms with E-state index in [9.17, 15) is 9.59 Å². The summed E-state index contributed by atoms with van der Waals surface area (Å²) in [6, 6.07) is -0.254. The van der Waals surface area contributed by atoms with Crippen molar-refractivity contribution in [2.24, 2.45) is 0 Å². The van der Waals surface area contributed by atoms with E-state index in [1.165, 1.54) is 16.2 Å². The summed E-state index contributed by atoms with van der Waals surface area (Å²) >= 11 is 1.51. The number of esters is 1. The molecule has 1 heterocycles. The minimum absolute atomic E-state index is 0.173. The number of hydrogen-bond donors (Lipinski definition) is 2. The Morgan fingerprint density at radius 1 is 1.26 bits per heavy atom. The van der Waals surface area contributed by atoms with Crippen LogP contribution in [0.15, 0.2) is 0 Å². The molecule has 128 valence electrons. The summed E-state index contributed by atoms with van der Waals surface area (Å²) in [7, 11) is 0. The molecule has 0 unspecified atom stereocenters. The summed E-state index contributed by atoms with van der Waals surface area (Å²) in [5, 5.41) is 6.29. The molecule has 0 bridgehead atoms. The van der Waals surface area contributed by atoms with Crippen LogP contribution in [0.2, 0.25) is 0 Å². The molecule has 0 atom stereocenters. The van der Waals surface area contributed by atoms with E-state index in [1.807, 2.05) is 13.8 Å². The predicted octanol–water partition coefficient (Wildman–Crippen LogP) is 4.11. The lowest BCUT2D eigenvalue weighted by molar-refractivity contribution is 0.0378. The molecule has 1 aromatic rings. The molecule has 2 rings (SSSR count). The van der Waals surface area contributed by atoms with Crippen LogP contribution < -0.4 is 10.6 Å². The van der Waals surface area contributed by atoms with Crippen LogP contribution in [-0.2, 0) is 17.6 Å². The Morgan fingerprint density at radius 3 is 2.70 bits per heavy atom. The lowest BCUT2D eigenvalue weighted by Gasteiger charge is -2.14. The van der Waals surface area contributed by atoms with Crippen molar-refractivity contribution in [2.45, 2.75) is 65.4 Å². The molecule has 0 spiro atoms. The van der Waals surface area contributed by atoms with Gasteiger partial charge >= 0.3 is 12.0 Å². The topological polar surface area (TPSA) is 67.4 Å². The fraction of sp³-hybridized carbons (Fsp3) is 0.647. The van der Waals surface area contributed by atoms with Gasteiger partial charge in [0.2, 0.25) is 0 Å². The Morgan fingerprint density at radius 2 is 2.00 bits per heavy atom. The number of fused-ring (bicyclic) bond motifs is 1. The van der Waals surface area contributed by atoms with Gasteiger partial charge in [0.25, 0.3) is 0 Å². The molecular formula is C17H26N2O3S. The first-order chi connectivity index (χ1) is 11.0. The molecule has 5 nitrogen and oxygen atoms in total. The van der Waals surface area contributed by atoms with Crippen molar-refractivity contribution in [2.75, 3.05) is 11.9 Å². The van der Waals surface area contributed by atoms with Gasteiger partial charge in [0.15, 0.2) is 0 Å². The summed E-state index contributed by atoms with van der Waals surface area (Å²) in [4.78, 5) is 25.7. The molecule has 0 fully saturated rings. The first kappa shape index (κ1) is 17.8. The Kier molecular flexibility index (Phi) is 6.45. The molecule has 0 aromatic carbocycles. The highest BCUT2D eigenvalue weighted by Crippen LogP contribution is 2.38. The largest absolute Gasteiger partial charge is 0.459 e. The van der Waals surface area contributed by atoms with Gasteiger partial charge in [-0.1, -0.05) is 13.3 Å². The van der Waals surface area contributed by atoms with Crippen LogP contribution in [0.4, 0.5) is 9.80 Å². The summed E-state index contributed by atoms with van der Waals surface area (Å²) in [6.07, 6.45) is 5.86. The average molecular weight is 338 g/mol. The van der Waals surface area contributed by atoms with Crippen molar-refractivity contribution in [1.29, 1.82) is 0 Å². The molecule has 23 heavy (non-hydrogen) atoms. The Balaban J connectivity index is 2.18. The monoisotopic (exact) mass is 338 g/mol. The number of hydrogen-bond acceptors (Lipinski definition) is 4. The number of aryl methyl sites for hydroxylation is 1. The van der Waals surface area contributed by atoms with E-state index >= 15 is 0 Å². The smallest absolute Gasteiger partial charge is 0.341 e. The normalized spacial score (nSPS) is 13.6. The van der Waals surface area contributed by atoms with Gasteiger partial charge in [0.05, 0.1) is 11.7 Å². The molecule has 0 aliphatic heterocycles. The molecule has 1 aliphatic rings. The van der Waals surface area contributed by atoms with Crippen LogP contribution in [0.3, 0.4) is 0 Å². The van der Waals surface area contributed by atoms with Gasteiger partial charge in [-0.3, -0.25) is 5.32 Å². The number of nitrogens with one attached hydrogen (secondary N) is 2. The number of carbonyl (C=O) groups excluding carboxylic acids is 2. The zero-order valence-corrected chi connectivity index (χ0v) is 15.0. The van der Waals surface area contributed by atoms with Crippen molar-refractivity contribution in [3.05, 3.63) is 16.0 Å². The molecule has 0 radical (unpaired) electrons. The van der Waals surface area contributed by atoms with Crippen molar-refractivity contribution in [3.63, 3.8) is 0 Å². The number of rotatable bonds is 6. The SMILES string of the molecule is CCCCNC(=O)Nc1sc2c(c1C(=O)OC(C)C)CCCC2. The van der Waals surface area contributed by atoms with Crippen LogP contribution in [0.5, 0.6) is 0 Å². The fourth-order valence-electron chi connectivity index (χ4n) is 2.67. The minimum atomic E-state index is -0.330. The van der Waals surface area contributed by atoms with Crippen molar-refractivity contribution < 1.29 is 14.3 Å². The zero-order valence-electron chi connectivity index (χ0n) is 14.2. The van der Waals surface area contributed by atoms with E-state index in [4.69, 9.17) is 4.74 Å². The molecule has 1 aromatic heterocycles. The van der Waals surface area contributed by atoms with Gasteiger partial charge in [0, 0.05) is 11.4 Å². The number of urea groups is 1. The van der Waals surface area contributed by atoms with Gasteiger partial charge < -0.3 is 10.1 Å². The molecular weight excluding hydrogens is 312 g/mol. The molecule has 2 N–H and O–H groups in total. The first-order valence-corrected chi connectivity index (χ1v) is 9.25. The van der Waals surface area contributed by atoms with Gasteiger partial charge in [-0.15, -0.1) is 11.3 Å². The van der Waals surface area contributed by atoms with Crippen LogP contribution in [0, 0.1) is 0 Å². The van der Waals surface area contributed by atoms with Crippen molar-refractivity contribution >= 4 is 28.3 Å². The first-order valence-electron chi connectivity index (χ1n) is 8.43. The summed E-state index contributed by atoms with van der Waals surface area (Å²) in [5.74, 6) is -0.330. The maximum atomic E-state index is 12.5. The van der Waals surface area contributed by atoms with E-state index in [-0.39, 0.29) is 18.1 Å². The Bertz CT molecular complexity index is 566. The number of ether oxygens (including phenoxy) is 1. The van der Waals surface area contributed by atoms with Crippen molar-refractivity contribution in [3.8, 4) is 0 Å². The lowest BCUT2D eigenvalue weighted by Crippen LogP contribution is -2.30. The number of carbonyl (C=O) groups is 2. The molecule has 6 heteroatoms. The van der Waals surface area contributed by atoms with E-state index in [0.717, 1.165) is 44.1 Å². The van der Waals surface area contributed by atoms with Gasteiger partial charge in [-0.25, -0.2) is 9.59 Å². The number of unbranched alkanes of at least 4 members (excludes halogenated alkanes) is 1. The second-order valence-electron chi connectivity index (χ2n) is 6.10. The lowest BCUT2D eigenvalue weighted by atomic mass is 9.95. The Labute approximate surface area is 141 Å². The quantitative estimate of drug-likeness (QED) is 0.606. The standard InChI is InChI=1S/C17H26N2O3S/c1-4-5-10-18-17(21)19-15-14(16(20)22-11(2)3)12-8-6-7-9-13(12)23-15/h11H,4-10H2,1-3H3,(H2,18,19,21). The third kappa shape index (κ3) is 4.70. The van der Waals surface area contributed by atoms with E-state index in [2.05, 4.69) is 17.6 Å². The highest BCUT2D eigenvalue weighted by atomic mass is 32.1. The summed E-state index contributed by atoms with van der Waals surface area (Å²) < 4.78 is 5.38. The van der Waals surface area contributed by atoms with E-state index in [0.29, 0.717) is 17.1 Å². The van der Waals surface area contributed by atoms with Crippen molar-refractivity contribution in [1.82, 2.24) is 5.32 Å². The third-order valence-electron chi connectivity index (χ3n) is 3.76. The molecule has 0 saturated heterocycles. The van der Waals surface area contributed by atoms with E-state index < -0.39 is 0 Å². The predicted molar refractivity (Wildman–Crippen MR) is 93.4 cm³/mol. The number of amides is 2. The highest BCUT2D eigenvalue weighted by molar-refractivity contribution is 7.17. The van der Waals surface area contributed by atoms with Crippen LogP contribution in [0.1, 0.15) is 67.3 Å². The molecule has 0 saturated carbocycles. The average Bonchev–Trinajstić information content (AvgIpc) is 2.84. The van der Waals surface area contributed by atoms with Crippen LogP contribution in [0.25, 0.3) is 0 Å². The fourth-order valence-corrected chi connectivity index (χ4v) is 3.94. The van der Waals surface area contributed by atoms with Crippen LogP contribution in [-0.4, -0.2) is 24.6 Å². The molecule has 1 aliphatic carbocycles.